The van der Waals surface area contributed by atoms with Crippen LogP contribution in [-0.4, -0.2) is 47.9 Å². The largest absolute Gasteiger partial charge is 0.394 e. The average molecular weight is 208 g/mol. The summed E-state index contributed by atoms with van der Waals surface area (Å²) in [6.45, 7) is 10.2. The van der Waals surface area contributed by atoms with Gasteiger partial charge in [-0.2, -0.15) is 0 Å². The summed E-state index contributed by atoms with van der Waals surface area (Å²) in [6, 6.07) is 0. The molecule has 0 aromatic heterocycles. The lowest BCUT2D eigenvalue weighted by atomic mass is 10.4. The topological polar surface area (TPSA) is 69.9 Å². The van der Waals surface area contributed by atoms with Gasteiger partial charge in [-0.3, -0.25) is 0 Å². The van der Waals surface area contributed by atoms with E-state index in [0.29, 0.717) is 0 Å². The average Bonchev–Trinajstić information content (AvgIpc) is 2.20. The fraction of sp³-hybridized carbons (Fsp3) is 0.800. The summed E-state index contributed by atoms with van der Waals surface area (Å²) in [4.78, 5) is 0. The zero-order valence-corrected chi connectivity index (χ0v) is 9.44. The van der Waals surface area contributed by atoms with E-state index in [0.717, 1.165) is 13.2 Å². The Morgan fingerprint density at radius 3 is 1.50 bits per heavy atom. The van der Waals surface area contributed by atoms with E-state index in [1.807, 2.05) is 20.8 Å². The Bertz CT molecular complexity index is 80.2. The van der Waals surface area contributed by atoms with Crippen LogP contribution in [-0.2, 0) is 4.74 Å². The van der Waals surface area contributed by atoms with Crippen molar-refractivity contribution in [3.8, 4) is 0 Å². The zero-order valence-electron chi connectivity index (χ0n) is 9.44. The van der Waals surface area contributed by atoms with Crippen LogP contribution in [0.1, 0.15) is 20.8 Å². The standard InChI is InChI=1S/C4H10O.C3H8O3.C3H6/c1-3-5-4-2;4-1-3(6)2-5;1-3-2/h3-4H2,1-2H3;3-6H,1-2H2;3H,1H2,2H3. The summed E-state index contributed by atoms with van der Waals surface area (Å²) in [5.41, 5.74) is 0. The maximum atomic E-state index is 8.17. The minimum Gasteiger partial charge on any atom is -0.394 e. The lowest BCUT2D eigenvalue weighted by Gasteiger charge is -1.96. The van der Waals surface area contributed by atoms with Crippen LogP contribution in [0.5, 0.6) is 0 Å². The van der Waals surface area contributed by atoms with E-state index in [-0.39, 0.29) is 13.2 Å². The lowest BCUT2D eigenvalue weighted by molar-refractivity contribution is 0.0450. The molecule has 0 fully saturated rings. The minimum absolute atomic E-state index is 0.365. The summed E-state index contributed by atoms with van der Waals surface area (Å²) in [5, 5.41) is 24.0. The fourth-order valence-electron chi connectivity index (χ4n) is 0.262. The molecule has 3 N–H and O–H groups in total. The van der Waals surface area contributed by atoms with E-state index in [1.54, 1.807) is 6.08 Å². The van der Waals surface area contributed by atoms with E-state index in [4.69, 9.17) is 20.1 Å². The minimum atomic E-state index is -0.954. The molecule has 0 aliphatic rings. The van der Waals surface area contributed by atoms with Crippen molar-refractivity contribution in [1.29, 1.82) is 0 Å². The molecule has 0 aromatic carbocycles. The molecule has 4 heteroatoms. The van der Waals surface area contributed by atoms with Crippen molar-refractivity contribution in [2.24, 2.45) is 0 Å². The van der Waals surface area contributed by atoms with Crippen molar-refractivity contribution in [1.82, 2.24) is 0 Å². The number of rotatable bonds is 4. The van der Waals surface area contributed by atoms with Crippen LogP contribution in [0.25, 0.3) is 0 Å². The maximum Gasteiger partial charge on any atom is 0.100 e. The third-order valence-electron chi connectivity index (χ3n) is 0.830. The van der Waals surface area contributed by atoms with Gasteiger partial charge in [0.15, 0.2) is 0 Å². The van der Waals surface area contributed by atoms with Gasteiger partial charge in [0.1, 0.15) is 6.10 Å². The van der Waals surface area contributed by atoms with Crippen LogP contribution < -0.4 is 0 Å². The van der Waals surface area contributed by atoms with E-state index >= 15 is 0 Å². The van der Waals surface area contributed by atoms with Crippen LogP contribution >= 0.6 is 0 Å². The highest BCUT2D eigenvalue weighted by molar-refractivity contribution is 4.51. The Labute approximate surface area is 86.8 Å². The molecule has 0 atom stereocenters. The quantitative estimate of drug-likeness (QED) is 0.591. The third-order valence-corrected chi connectivity index (χ3v) is 0.830. The van der Waals surface area contributed by atoms with Crippen LogP contribution in [0.3, 0.4) is 0 Å². The lowest BCUT2D eigenvalue weighted by Crippen LogP contribution is -2.15. The molecule has 0 unspecified atom stereocenters. The molecule has 0 amide bonds. The van der Waals surface area contributed by atoms with Crippen molar-refractivity contribution in [2.45, 2.75) is 26.9 Å². The van der Waals surface area contributed by atoms with Gasteiger partial charge in [-0.15, -0.1) is 6.58 Å². The number of allylic oxidation sites excluding steroid dienone is 1. The molecule has 0 saturated heterocycles. The van der Waals surface area contributed by atoms with Gasteiger partial charge in [-0.05, 0) is 20.8 Å². The Balaban J connectivity index is -0.000000138. The predicted octanol–water partition coefficient (Wildman–Crippen LogP) is 0.567. The van der Waals surface area contributed by atoms with E-state index < -0.39 is 6.10 Å². The van der Waals surface area contributed by atoms with E-state index in [2.05, 4.69) is 6.58 Å². The highest BCUT2D eigenvalue weighted by Gasteiger charge is 1.93. The highest BCUT2D eigenvalue weighted by atomic mass is 16.5. The first-order chi connectivity index (χ1) is 6.64. The van der Waals surface area contributed by atoms with Gasteiger partial charge in [0.05, 0.1) is 13.2 Å². The van der Waals surface area contributed by atoms with Crippen LogP contribution in [0.2, 0.25) is 0 Å². The Kier molecular flexibility index (Phi) is 31.4. The normalized spacial score (nSPS) is 8.21. The fourth-order valence-corrected chi connectivity index (χ4v) is 0.262. The van der Waals surface area contributed by atoms with E-state index in [1.165, 1.54) is 0 Å². The van der Waals surface area contributed by atoms with Crippen molar-refractivity contribution in [3.05, 3.63) is 12.7 Å². The summed E-state index contributed by atoms with van der Waals surface area (Å²) in [5.74, 6) is 0. The first kappa shape index (κ1) is 19.2. The molecule has 88 valence electrons. The Hall–Kier alpha value is -0.420. The van der Waals surface area contributed by atoms with Crippen LogP contribution in [0.15, 0.2) is 12.7 Å². The molecule has 14 heavy (non-hydrogen) atoms. The van der Waals surface area contributed by atoms with Gasteiger partial charge in [-0.1, -0.05) is 6.08 Å². The zero-order chi connectivity index (χ0) is 11.8. The van der Waals surface area contributed by atoms with Crippen molar-refractivity contribution >= 4 is 0 Å². The maximum absolute atomic E-state index is 8.17. The molecular formula is C10H24O4. The predicted molar refractivity (Wildman–Crippen MR) is 58.2 cm³/mol. The summed E-state index contributed by atoms with van der Waals surface area (Å²) < 4.78 is 4.83. The first-order valence-corrected chi connectivity index (χ1v) is 4.68. The molecule has 0 rings (SSSR count). The van der Waals surface area contributed by atoms with Crippen LogP contribution in [0, 0.1) is 0 Å². The molecule has 0 saturated carbocycles. The van der Waals surface area contributed by atoms with Gasteiger partial charge in [0.25, 0.3) is 0 Å². The monoisotopic (exact) mass is 208 g/mol. The Morgan fingerprint density at radius 2 is 1.50 bits per heavy atom. The molecular weight excluding hydrogens is 184 g/mol. The van der Waals surface area contributed by atoms with Gasteiger partial charge < -0.3 is 20.1 Å². The molecule has 0 aliphatic carbocycles. The first-order valence-electron chi connectivity index (χ1n) is 4.68. The molecule has 0 spiro atoms. The SMILES string of the molecule is C=CC.CCOCC.OCC(O)CO. The van der Waals surface area contributed by atoms with Gasteiger partial charge in [-0.25, -0.2) is 0 Å². The summed E-state index contributed by atoms with van der Waals surface area (Å²) in [6.07, 6.45) is 0.796. The second-order valence-electron chi connectivity index (χ2n) is 2.21. The number of aliphatic hydroxyl groups is 3. The second kappa shape index (κ2) is 22.9. The molecule has 0 aliphatic heterocycles. The summed E-state index contributed by atoms with van der Waals surface area (Å²) in [7, 11) is 0. The van der Waals surface area contributed by atoms with Crippen LogP contribution in [0.4, 0.5) is 0 Å². The van der Waals surface area contributed by atoms with Gasteiger partial charge >= 0.3 is 0 Å². The molecule has 0 radical (unpaired) electrons. The van der Waals surface area contributed by atoms with E-state index in [9.17, 15) is 0 Å². The number of hydrogen-bond donors (Lipinski definition) is 3. The van der Waals surface area contributed by atoms with Gasteiger partial charge in [0, 0.05) is 13.2 Å². The molecule has 0 heterocycles. The van der Waals surface area contributed by atoms with Gasteiger partial charge in [0.2, 0.25) is 0 Å². The molecule has 4 nitrogen and oxygen atoms in total. The number of hydrogen-bond acceptors (Lipinski definition) is 4. The second-order valence-corrected chi connectivity index (χ2v) is 2.21. The highest BCUT2D eigenvalue weighted by Crippen LogP contribution is 1.71. The van der Waals surface area contributed by atoms with Crippen molar-refractivity contribution in [2.75, 3.05) is 26.4 Å². The Morgan fingerprint density at radius 1 is 1.21 bits per heavy atom. The smallest absolute Gasteiger partial charge is 0.100 e. The summed E-state index contributed by atoms with van der Waals surface area (Å²) >= 11 is 0. The number of ether oxygens (including phenoxy) is 1. The van der Waals surface area contributed by atoms with Crippen molar-refractivity contribution < 1.29 is 20.1 Å². The molecule has 0 bridgehead atoms. The third kappa shape index (κ3) is 41.6. The van der Waals surface area contributed by atoms with Crippen molar-refractivity contribution in [3.63, 3.8) is 0 Å². The number of aliphatic hydroxyl groups excluding tert-OH is 3. The molecule has 0 aromatic rings.